The number of rotatable bonds is 2. The van der Waals surface area contributed by atoms with Crippen molar-refractivity contribution in [3.05, 3.63) is 22.4 Å². The Morgan fingerprint density at radius 2 is 1.88 bits per heavy atom. The molecule has 8 heteroatoms. The molecule has 1 aliphatic heterocycles. The molecule has 2 heterocycles. The molecule has 1 unspecified atom stereocenters. The molecule has 7 nitrogen and oxygen atoms in total. The van der Waals surface area contributed by atoms with Crippen molar-refractivity contribution >= 4 is 16.2 Å². The molecule has 1 aromatic rings. The van der Waals surface area contributed by atoms with Crippen LogP contribution in [0.5, 0.6) is 5.88 Å². The minimum Gasteiger partial charge on any atom is -0.444 e. The van der Waals surface area contributed by atoms with Gasteiger partial charge in [-0.25, -0.2) is 9.78 Å². The zero-order valence-corrected chi connectivity index (χ0v) is 15.9. The fourth-order valence-corrected chi connectivity index (χ4v) is 3.20. The lowest BCUT2D eigenvalue weighted by molar-refractivity contribution is 0.0187. The molecule has 1 aliphatic rings. The summed E-state index contributed by atoms with van der Waals surface area (Å²) in [7, 11) is -3.71. The average molecular weight is 356 g/mol. The highest BCUT2D eigenvalue weighted by Crippen LogP contribution is 2.41. The van der Waals surface area contributed by atoms with Crippen LogP contribution in [0.4, 0.5) is 4.79 Å². The smallest absolute Gasteiger partial charge is 0.411 e. The fraction of sp³-hybridized carbons (Fsp3) is 0.625. The second kappa shape index (κ2) is 5.91. The van der Waals surface area contributed by atoms with Gasteiger partial charge in [0.2, 0.25) is 5.88 Å². The Kier molecular flexibility index (Phi) is 4.56. The molecule has 0 aromatic carbocycles. The number of aryl methyl sites for hydroxylation is 1. The van der Waals surface area contributed by atoms with Gasteiger partial charge in [0.05, 0.1) is 18.8 Å². The molecule has 0 saturated carbocycles. The number of hydrogen-bond acceptors (Lipinski definition) is 6. The van der Waals surface area contributed by atoms with Gasteiger partial charge in [-0.2, -0.15) is 8.42 Å². The van der Waals surface area contributed by atoms with Gasteiger partial charge in [-0.15, -0.1) is 0 Å². The monoisotopic (exact) mass is 356 g/mol. The summed E-state index contributed by atoms with van der Waals surface area (Å²) < 4.78 is 33.5. The standard InChI is InChI=1S/C16H24N2O5S/c1-9-10(2)17-14(23-24(7,20)21)12-8-18(11(3)13(9)12)15(19)22-16(4,5)6/h11H,8H2,1-7H3. The van der Waals surface area contributed by atoms with Gasteiger partial charge < -0.3 is 8.92 Å². The third-order valence-electron chi connectivity index (χ3n) is 3.87. The van der Waals surface area contributed by atoms with Gasteiger partial charge in [-0.05, 0) is 52.7 Å². The van der Waals surface area contributed by atoms with Crippen molar-refractivity contribution in [2.24, 2.45) is 0 Å². The highest BCUT2D eigenvalue weighted by Gasteiger charge is 2.38. The van der Waals surface area contributed by atoms with E-state index in [0.717, 1.165) is 17.4 Å². The van der Waals surface area contributed by atoms with E-state index in [1.165, 1.54) is 0 Å². The molecule has 134 valence electrons. The third-order valence-corrected chi connectivity index (χ3v) is 4.33. The molecule has 0 radical (unpaired) electrons. The van der Waals surface area contributed by atoms with Crippen LogP contribution in [-0.2, 0) is 21.4 Å². The summed E-state index contributed by atoms with van der Waals surface area (Å²) >= 11 is 0. The highest BCUT2D eigenvalue weighted by atomic mass is 32.2. The Labute approximate surface area is 143 Å². The summed E-state index contributed by atoms with van der Waals surface area (Å²) in [6.07, 6.45) is 0.522. The summed E-state index contributed by atoms with van der Waals surface area (Å²) in [4.78, 5) is 18.3. The number of aromatic nitrogens is 1. The van der Waals surface area contributed by atoms with E-state index < -0.39 is 21.8 Å². The molecule has 2 rings (SSSR count). The fourth-order valence-electron chi connectivity index (χ4n) is 2.78. The molecule has 0 N–H and O–H groups in total. The van der Waals surface area contributed by atoms with Crippen LogP contribution in [0.25, 0.3) is 0 Å². The number of hydrogen-bond donors (Lipinski definition) is 0. The van der Waals surface area contributed by atoms with Crippen molar-refractivity contribution < 1.29 is 22.1 Å². The van der Waals surface area contributed by atoms with Crippen molar-refractivity contribution in [1.29, 1.82) is 0 Å². The predicted molar refractivity (Wildman–Crippen MR) is 89.4 cm³/mol. The summed E-state index contributed by atoms with van der Waals surface area (Å²) in [5.74, 6) is 0.0357. The Morgan fingerprint density at radius 3 is 2.38 bits per heavy atom. The van der Waals surface area contributed by atoms with Crippen LogP contribution in [0.1, 0.15) is 56.1 Å². The molecule has 24 heavy (non-hydrogen) atoms. The zero-order valence-electron chi connectivity index (χ0n) is 15.1. The lowest BCUT2D eigenvalue weighted by Gasteiger charge is -2.27. The zero-order chi connectivity index (χ0) is 18.4. The maximum atomic E-state index is 12.5. The first-order valence-electron chi connectivity index (χ1n) is 7.69. The topological polar surface area (TPSA) is 85.8 Å². The van der Waals surface area contributed by atoms with E-state index >= 15 is 0 Å². The number of fused-ring (bicyclic) bond motifs is 1. The van der Waals surface area contributed by atoms with Gasteiger partial charge >= 0.3 is 16.2 Å². The van der Waals surface area contributed by atoms with E-state index in [9.17, 15) is 13.2 Å². The van der Waals surface area contributed by atoms with Gasteiger partial charge in [0.1, 0.15) is 5.60 Å². The Bertz CT molecular complexity index is 781. The van der Waals surface area contributed by atoms with E-state index in [2.05, 4.69) is 4.98 Å². The van der Waals surface area contributed by atoms with E-state index in [1.54, 1.807) is 32.6 Å². The van der Waals surface area contributed by atoms with Gasteiger partial charge in [0.25, 0.3) is 0 Å². The Hall–Kier alpha value is -1.83. The second-order valence-corrected chi connectivity index (χ2v) is 8.67. The van der Waals surface area contributed by atoms with Gasteiger partial charge in [0, 0.05) is 11.3 Å². The van der Waals surface area contributed by atoms with Gasteiger partial charge in [-0.1, -0.05) is 0 Å². The predicted octanol–water partition coefficient (Wildman–Crippen LogP) is 2.85. The van der Waals surface area contributed by atoms with Gasteiger partial charge in [-0.3, -0.25) is 4.90 Å². The van der Waals surface area contributed by atoms with E-state index in [4.69, 9.17) is 8.92 Å². The molecule has 1 amide bonds. The minimum atomic E-state index is -3.71. The molecular formula is C16H24N2O5S. The minimum absolute atomic E-state index is 0.0357. The Balaban J connectivity index is 2.46. The molecule has 1 aromatic heterocycles. The van der Waals surface area contributed by atoms with Crippen molar-refractivity contribution in [3.8, 4) is 5.88 Å². The molecule has 0 fully saturated rings. The molecule has 0 aliphatic carbocycles. The quantitative estimate of drug-likeness (QED) is 0.758. The Morgan fingerprint density at radius 1 is 1.29 bits per heavy atom. The van der Waals surface area contributed by atoms with Crippen LogP contribution in [0, 0.1) is 13.8 Å². The lowest BCUT2D eigenvalue weighted by atomic mass is 10.00. The lowest BCUT2D eigenvalue weighted by Crippen LogP contribution is -2.35. The molecule has 0 bridgehead atoms. The molecule has 0 spiro atoms. The summed E-state index contributed by atoms with van der Waals surface area (Å²) in [5.41, 5.74) is 2.46. The first-order chi connectivity index (χ1) is 10.8. The number of carbonyl (C=O) groups excluding carboxylic acids is 1. The summed E-state index contributed by atoms with van der Waals surface area (Å²) in [5, 5.41) is 0. The average Bonchev–Trinajstić information content (AvgIpc) is 2.70. The molecular weight excluding hydrogens is 332 g/mol. The van der Waals surface area contributed by atoms with Crippen molar-refractivity contribution in [1.82, 2.24) is 9.88 Å². The van der Waals surface area contributed by atoms with Crippen LogP contribution in [0.2, 0.25) is 0 Å². The normalized spacial score (nSPS) is 17.6. The van der Waals surface area contributed by atoms with Crippen molar-refractivity contribution in [3.63, 3.8) is 0 Å². The third kappa shape index (κ3) is 3.80. The van der Waals surface area contributed by atoms with Crippen molar-refractivity contribution in [2.45, 2.75) is 59.7 Å². The van der Waals surface area contributed by atoms with Crippen LogP contribution >= 0.6 is 0 Å². The molecule has 0 saturated heterocycles. The first kappa shape index (κ1) is 18.5. The highest BCUT2D eigenvalue weighted by molar-refractivity contribution is 7.86. The maximum absolute atomic E-state index is 12.5. The van der Waals surface area contributed by atoms with Crippen LogP contribution in [0.3, 0.4) is 0 Å². The molecule has 1 atom stereocenters. The number of carbonyl (C=O) groups is 1. The number of nitrogens with zero attached hydrogens (tertiary/aromatic N) is 2. The number of ether oxygens (including phenoxy) is 1. The first-order valence-corrected chi connectivity index (χ1v) is 9.51. The van der Waals surface area contributed by atoms with Gasteiger partial charge in [0.15, 0.2) is 0 Å². The number of pyridine rings is 1. The largest absolute Gasteiger partial charge is 0.444 e. The maximum Gasteiger partial charge on any atom is 0.411 e. The van der Waals surface area contributed by atoms with E-state index in [1.807, 2.05) is 13.8 Å². The number of amides is 1. The van der Waals surface area contributed by atoms with Crippen molar-refractivity contribution in [2.75, 3.05) is 6.26 Å². The van der Waals surface area contributed by atoms with Crippen LogP contribution in [0.15, 0.2) is 0 Å². The summed E-state index contributed by atoms with van der Waals surface area (Å²) in [6.45, 7) is 11.2. The van der Waals surface area contributed by atoms with E-state index in [-0.39, 0.29) is 18.5 Å². The van der Waals surface area contributed by atoms with Crippen LogP contribution in [-0.4, -0.2) is 36.3 Å². The second-order valence-electron chi connectivity index (χ2n) is 7.09. The van der Waals surface area contributed by atoms with E-state index in [0.29, 0.717) is 11.3 Å². The SMILES string of the molecule is Cc1nc(OS(C)(=O)=O)c2c(c1C)C(C)N(C(=O)OC(C)(C)C)C2. The summed E-state index contributed by atoms with van der Waals surface area (Å²) in [6, 6.07) is -0.251. The van der Waals surface area contributed by atoms with Crippen LogP contribution < -0.4 is 4.18 Å².